The number of unbranched alkanes of at least 4 members (excludes halogenated alkanes) is 10. The van der Waals surface area contributed by atoms with E-state index in [1.807, 2.05) is 0 Å². The molecule has 0 spiro atoms. The van der Waals surface area contributed by atoms with Gasteiger partial charge in [0, 0.05) is 26.0 Å². The summed E-state index contributed by atoms with van der Waals surface area (Å²) in [5, 5.41) is 0. The Hall–Kier alpha value is -0.750. The maximum Gasteiger partial charge on any atom is 0.264 e. The Labute approximate surface area is 162 Å². The van der Waals surface area contributed by atoms with Crippen molar-refractivity contribution >= 4 is 10.1 Å². The smallest absolute Gasteiger partial charge is 0.264 e. The molecule has 0 bridgehead atoms. The quantitative estimate of drug-likeness (QED) is 0.324. The van der Waals surface area contributed by atoms with Crippen LogP contribution in [0.15, 0.2) is 12.4 Å². The van der Waals surface area contributed by atoms with E-state index in [0.717, 1.165) is 19.5 Å². The maximum atomic E-state index is 10.3. The summed E-state index contributed by atoms with van der Waals surface area (Å²) in [7, 11) is -1.59. The van der Waals surface area contributed by atoms with E-state index in [-0.39, 0.29) is 5.75 Å². The molecule has 1 rings (SSSR count). The minimum Gasteiger partial charge on any atom is -0.362 e. The number of rotatable bonds is 14. The van der Waals surface area contributed by atoms with E-state index in [1.54, 1.807) is 0 Å². The molecule has 0 aromatic heterocycles. The van der Waals surface area contributed by atoms with Crippen LogP contribution in [0.4, 0.5) is 0 Å². The summed E-state index contributed by atoms with van der Waals surface area (Å²) in [5.74, 6) is -0.0842. The molecule has 0 aromatic carbocycles. The van der Waals surface area contributed by atoms with Crippen molar-refractivity contribution in [3.05, 3.63) is 12.4 Å². The molecule has 0 radical (unpaired) electrons. The number of hydrogen-bond acceptors (Lipinski definition) is 4. The lowest BCUT2D eigenvalue weighted by atomic mass is 10.1. The molecule has 26 heavy (non-hydrogen) atoms. The monoisotopic (exact) mass is 390 g/mol. The van der Waals surface area contributed by atoms with E-state index < -0.39 is 10.1 Å². The van der Waals surface area contributed by atoms with Crippen molar-refractivity contribution in [2.75, 3.05) is 26.0 Å². The SMILES string of the molecule is CCCCCCCCN1C=CN(C)C1.CCCCCCCCS(=O)(=O)O. The average molecular weight is 391 g/mol. The number of hydrogen-bond donors (Lipinski definition) is 1. The molecule has 0 aliphatic carbocycles. The predicted octanol–water partition coefficient (Wildman–Crippen LogP) is 5.26. The van der Waals surface area contributed by atoms with Gasteiger partial charge in [0.25, 0.3) is 10.1 Å². The Morgan fingerprint density at radius 1 is 0.808 bits per heavy atom. The number of nitrogens with zero attached hydrogens (tertiary/aromatic N) is 2. The molecule has 0 unspecified atom stereocenters. The van der Waals surface area contributed by atoms with Crippen LogP contribution in [-0.2, 0) is 10.1 Å². The second-order valence-electron chi connectivity index (χ2n) is 7.33. The Kier molecular flexibility index (Phi) is 16.0. The van der Waals surface area contributed by atoms with Gasteiger partial charge in [-0.3, -0.25) is 4.55 Å². The van der Waals surface area contributed by atoms with E-state index in [2.05, 4.69) is 43.1 Å². The second kappa shape index (κ2) is 16.4. The first-order chi connectivity index (χ1) is 12.4. The normalized spacial score (nSPS) is 13.8. The van der Waals surface area contributed by atoms with Crippen molar-refractivity contribution in [3.8, 4) is 0 Å². The van der Waals surface area contributed by atoms with E-state index in [0.29, 0.717) is 6.42 Å². The molecule has 0 saturated carbocycles. The largest absolute Gasteiger partial charge is 0.362 e. The highest BCUT2D eigenvalue weighted by atomic mass is 32.2. The summed E-state index contributed by atoms with van der Waals surface area (Å²) in [4.78, 5) is 4.61. The van der Waals surface area contributed by atoms with Crippen molar-refractivity contribution < 1.29 is 13.0 Å². The van der Waals surface area contributed by atoms with Crippen molar-refractivity contribution in [2.45, 2.75) is 90.9 Å². The molecule has 6 heteroatoms. The average Bonchev–Trinajstić information content (AvgIpc) is 2.99. The van der Waals surface area contributed by atoms with Gasteiger partial charge in [0.2, 0.25) is 0 Å². The zero-order valence-electron chi connectivity index (χ0n) is 17.3. The van der Waals surface area contributed by atoms with Gasteiger partial charge in [-0.1, -0.05) is 78.1 Å². The third-order valence-corrected chi connectivity index (χ3v) is 5.30. The minimum atomic E-state index is -3.72. The first-order valence-electron chi connectivity index (χ1n) is 10.5. The van der Waals surface area contributed by atoms with Crippen LogP contribution in [0, 0.1) is 0 Å². The summed E-state index contributed by atoms with van der Waals surface area (Å²) < 4.78 is 28.9. The molecule has 0 amide bonds. The van der Waals surface area contributed by atoms with E-state index in [4.69, 9.17) is 4.55 Å². The van der Waals surface area contributed by atoms with Crippen LogP contribution in [0.1, 0.15) is 90.9 Å². The molecule has 156 valence electrons. The molecule has 1 aliphatic heterocycles. The first kappa shape index (κ1) is 25.2. The molecule has 1 heterocycles. The highest BCUT2D eigenvalue weighted by Gasteiger charge is 2.06. The highest BCUT2D eigenvalue weighted by molar-refractivity contribution is 7.85. The Balaban J connectivity index is 0.000000488. The molecular weight excluding hydrogens is 348 g/mol. The van der Waals surface area contributed by atoms with Gasteiger partial charge >= 0.3 is 0 Å². The van der Waals surface area contributed by atoms with Crippen molar-refractivity contribution in [3.63, 3.8) is 0 Å². The third kappa shape index (κ3) is 18.1. The molecule has 0 aromatic rings. The molecule has 0 atom stereocenters. The highest BCUT2D eigenvalue weighted by Crippen LogP contribution is 2.09. The molecule has 5 nitrogen and oxygen atoms in total. The van der Waals surface area contributed by atoms with Gasteiger partial charge in [0.05, 0.1) is 12.4 Å². The van der Waals surface area contributed by atoms with Gasteiger partial charge in [-0.25, -0.2) is 0 Å². The van der Waals surface area contributed by atoms with E-state index in [9.17, 15) is 8.42 Å². The lowest BCUT2D eigenvalue weighted by Gasteiger charge is -2.17. The fraction of sp³-hybridized carbons (Fsp3) is 0.900. The molecule has 0 fully saturated rings. The fourth-order valence-corrected chi connectivity index (χ4v) is 3.46. The van der Waals surface area contributed by atoms with E-state index >= 15 is 0 Å². The Morgan fingerprint density at radius 3 is 1.77 bits per heavy atom. The fourth-order valence-electron chi connectivity index (χ4n) is 2.89. The minimum absolute atomic E-state index is 0.0842. The van der Waals surface area contributed by atoms with Crippen LogP contribution >= 0.6 is 0 Å². The molecular formula is C20H42N2O3S. The standard InChI is InChI=1S/C12H24N2.C8H18O3S/c1-3-4-5-6-7-8-9-14-11-10-13(2)12-14;1-2-3-4-5-6-7-8-12(9,10)11/h10-11H,3-9,12H2,1-2H3;2-8H2,1H3,(H,9,10,11). The molecule has 0 saturated heterocycles. The summed E-state index contributed by atoms with van der Waals surface area (Å²) >= 11 is 0. The van der Waals surface area contributed by atoms with Crippen LogP contribution in [0.3, 0.4) is 0 Å². The summed E-state index contributed by atoms with van der Waals surface area (Å²) in [6.45, 7) is 6.71. The summed E-state index contributed by atoms with van der Waals surface area (Å²) in [6, 6.07) is 0. The van der Waals surface area contributed by atoms with Crippen molar-refractivity contribution in [1.29, 1.82) is 0 Å². The lowest BCUT2D eigenvalue weighted by molar-refractivity contribution is 0.290. The molecule has 1 N–H and O–H groups in total. The van der Waals surface area contributed by atoms with Crippen LogP contribution in [0.5, 0.6) is 0 Å². The maximum absolute atomic E-state index is 10.3. The molecule has 1 aliphatic rings. The zero-order chi connectivity index (χ0) is 19.7. The van der Waals surface area contributed by atoms with Crippen LogP contribution in [-0.4, -0.2) is 48.8 Å². The topological polar surface area (TPSA) is 60.9 Å². The third-order valence-electron chi connectivity index (χ3n) is 4.49. The lowest BCUT2D eigenvalue weighted by Crippen LogP contribution is -2.23. The summed E-state index contributed by atoms with van der Waals surface area (Å²) in [6.07, 6.45) is 18.8. The summed E-state index contributed by atoms with van der Waals surface area (Å²) in [5.41, 5.74) is 0. The van der Waals surface area contributed by atoms with Gasteiger partial charge in [-0.05, 0) is 12.8 Å². The van der Waals surface area contributed by atoms with Crippen molar-refractivity contribution in [2.24, 2.45) is 0 Å². The van der Waals surface area contributed by atoms with Gasteiger partial charge < -0.3 is 9.80 Å². The zero-order valence-corrected chi connectivity index (χ0v) is 18.1. The van der Waals surface area contributed by atoms with Crippen LogP contribution in [0.25, 0.3) is 0 Å². The van der Waals surface area contributed by atoms with Gasteiger partial charge in [-0.2, -0.15) is 8.42 Å². The van der Waals surface area contributed by atoms with Crippen molar-refractivity contribution in [1.82, 2.24) is 9.80 Å². The van der Waals surface area contributed by atoms with E-state index in [1.165, 1.54) is 64.3 Å². The Morgan fingerprint density at radius 2 is 1.31 bits per heavy atom. The van der Waals surface area contributed by atoms with Crippen LogP contribution in [0.2, 0.25) is 0 Å². The van der Waals surface area contributed by atoms with Gasteiger partial charge in [0.15, 0.2) is 0 Å². The second-order valence-corrected chi connectivity index (χ2v) is 8.90. The predicted molar refractivity (Wildman–Crippen MR) is 112 cm³/mol. The van der Waals surface area contributed by atoms with Gasteiger partial charge in [0.1, 0.15) is 0 Å². The van der Waals surface area contributed by atoms with Crippen LogP contribution < -0.4 is 0 Å². The van der Waals surface area contributed by atoms with Gasteiger partial charge in [-0.15, -0.1) is 0 Å². The first-order valence-corrected chi connectivity index (χ1v) is 12.1. The Bertz CT molecular complexity index is 438.